The van der Waals surface area contributed by atoms with Gasteiger partial charge in [-0.25, -0.2) is 17.6 Å². The zero-order valence-electron chi connectivity index (χ0n) is 10.8. The van der Waals surface area contributed by atoms with Gasteiger partial charge in [0.05, 0.1) is 6.67 Å². The maximum atomic E-state index is 13.9. The van der Waals surface area contributed by atoms with Crippen LogP contribution in [0.1, 0.15) is 11.1 Å². The monoisotopic (exact) mass is 294 g/mol. The molecule has 0 saturated carbocycles. The highest BCUT2D eigenvalue weighted by atomic mass is 19.1. The van der Waals surface area contributed by atoms with E-state index in [0.717, 1.165) is 12.1 Å². The van der Waals surface area contributed by atoms with Gasteiger partial charge in [0.1, 0.15) is 23.3 Å². The predicted molar refractivity (Wildman–Crippen MR) is 69.9 cm³/mol. The second-order valence-corrected chi connectivity index (χ2v) is 5.31. The molecule has 2 heterocycles. The lowest BCUT2D eigenvalue weighted by Gasteiger charge is -2.44. The van der Waals surface area contributed by atoms with Gasteiger partial charge in [0.15, 0.2) is 0 Å². The summed E-state index contributed by atoms with van der Waals surface area (Å²) < 4.78 is 54.7. The molecule has 2 bridgehead atoms. The molecule has 2 aliphatic rings. The molecule has 0 fully saturated rings. The minimum atomic E-state index is -0.662. The second-order valence-electron chi connectivity index (χ2n) is 5.31. The topological polar surface area (TPSA) is 6.48 Å². The Hall–Kier alpha value is -2.24. The van der Waals surface area contributed by atoms with Crippen LogP contribution in [0.3, 0.4) is 0 Å². The molecule has 0 atom stereocenters. The summed E-state index contributed by atoms with van der Waals surface area (Å²) in [7, 11) is 0. The van der Waals surface area contributed by atoms with Gasteiger partial charge in [-0.05, 0) is 12.1 Å². The van der Waals surface area contributed by atoms with Crippen molar-refractivity contribution < 1.29 is 17.6 Å². The molecular formula is C15H10F4N2. The normalized spacial score (nSPS) is 15.8. The minimum absolute atomic E-state index is 0.161. The van der Waals surface area contributed by atoms with E-state index in [4.69, 9.17) is 0 Å². The molecule has 0 unspecified atom stereocenters. The summed E-state index contributed by atoms with van der Waals surface area (Å²) in [4.78, 5) is 3.38. The molecule has 2 aliphatic heterocycles. The number of rotatable bonds is 0. The number of hydrogen-bond acceptors (Lipinski definition) is 2. The average molecular weight is 294 g/mol. The van der Waals surface area contributed by atoms with E-state index in [0.29, 0.717) is 29.2 Å². The highest BCUT2D eigenvalue weighted by Gasteiger charge is 2.33. The average Bonchev–Trinajstić information content (AvgIpc) is 2.41. The maximum absolute atomic E-state index is 13.9. The van der Waals surface area contributed by atoms with Gasteiger partial charge in [-0.3, -0.25) is 0 Å². The van der Waals surface area contributed by atoms with Gasteiger partial charge in [-0.2, -0.15) is 0 Å². The van der Waals surface area contributed by atoms with Crippen molar-refractivity contribution in [2.45, 2.75) is 13.1 Å². The van der Waals surface area contributed by atoms with E-state index < -0.39 is 23.3 Å². The lowest BCUT2D eigenvalue weighted by molar-refractivity contribution is 0.532. The zero-order valence-corrected chi connectivity index (χ0v) is 10.8. The standard InChI is InChI=1S/C15H10F4N2/c16-8-1-12(18)10-5-20-7-21(14(10)3-8)6-11-13(19)2-9(17)4-15(11)20/h1-4H,5-7H2. The number of halogens is 4. The largest absolute Gasteiger partial charge is 0.349 e. The summed E-state index contributed by atoms with van der Waals surface area (Å²) in [6.45, 7) is 0.674. The van der Waals surface area contributed by atoms with E-state index in [1.54, 1.807) is 9.80 Å². The first-order valence-corrected chi connectivity index (χ1v) is 6.48. The van der Waals surface area contributed by atoms with Crippen LogP contribution in [-0.4, -0.2) is 6.67 Å². The molecule has 2 aromatic rings. The molecule has 0 aromatic heterocycles. The number of hydrogen-bond donors (Lipinski definition) is 0. The van der Waals surface area contributed by atoms with Crippen LogP contribution in [0.5, 0.6) is 0 Å². The van der Waals surface area contributed by atoms with Crippen LogP contribution in [0, 0.1) is 23.3 Å². The van der Waals surface area contributed by atoms with Crippen LogP contribution in [0.4, 0.5) is 28.9 Å². The molecule has 0 aliphatic carbocycles. The fourth-order valence-electron chi connectivity index (χ4n) is 3.07. The van der Waals surface area contributed by atoms with Gasteiger partial charge in [-0.15, -0.1) is 0 Å². The van der Waals surface area contributed by atoms with Gasteiger partial charge in [-0.1, -0.05) is 0 Å². The fraction of sp³-hybridized carbons (Fsp3) is 0.200. The van der Waals surface area contributed by atoms with Crippen LogP contribution in [0.2, 0.25) is 0 Å². The quantitative estimate of drug-likeness (QED) is 0.686. The van der Waals surface area contributed by atoms with E-state index in [1.807, 2.05) is 0 Å². The summed E-state index contributed by atoms with van der Waals surface area (Å²) >= 11 is 0. The Bertz CT molecular complexity index is 696. The van der Waals surface area contributed by atoms with E-state index in [2.05, 4.69) is 0 Å². The first-order chi connectivity index (χ1) is 10.0. The molecule has 21 heavy (non-hydrogen) atoms. The van der Waals surface area contributed by atoms with Crippen molar-refractivity contribution in [3.8, 4) is 0 Å². The third kappa shape index (κ3) is 1.78. The van der Waals surface area contributed by atoms with Crippen molar-refractivity contribution in [1.29, 1.82) is 0 Å². The molecule has 2 aromatic carbocycles. The Morgan fingerprint density at radius 1 is 0.667 bits per heavy atom. The predicted octanol–water partition coefficient (Wildman–Crippen LogP) is 3.54. The second kappa shape index (κ2) is 4.13. The van der Waals surface area contributed by atoms with Crippen LogP contribution in [0.25, 0.3) is 0 Å². The van der Waals surface area contributed by atoms with Gasteiger partial charge in [0, 0.05) is 47.7 Å². The van der Waals surface area contributed by atoms with Crippen molar-refractivity contribution in [2.24, 2.45) is 0 Å². The van der Waals surface area contributed by atoms with Gasteiger partial charge < -0.3 is 9.80 Å². The highest BCUT2D eigenvalue weighted by molar-refractivity contribution is 5.68. The Kier molecular flexibility index (Phi) is 2.46. The van der Waals surface area contributed by atoms with Crippen molar-refractivity contribution in [1.82, 2.24) is 0 Å². The van der Waals surface area contributed by atoms with E-state index in [1.165, 1.54) is 12.1 Å². The third-order valence-corrected chi connectivity index (χ3v) is 3.99. The SMILES string of the molecule is Fc1cc(F)c2c(c1)N1Cc3c(F)cc(F)cc3N(C2)C1. The molecule has 2 nitrogen and oxygen atoms in total. The van der Waals surface area contributed by atoms with Crippen LogP contribution in [-0.2, 0) is 13.1 Å². The molecule has 0 saturated heterocycles. The molecule has 0 radical (unpaired) electrons. The maximum Gasteiger partial charge on any atom is 0.133 e. The number of nitrogens with zero attached hydrogens (tertiary/aromatic N) is 2. The Morgan fingerprint density at radius 2 is 1.10 bits per heavy atom. The van der Waals surface area contributed by atoms with Gasteiger partial charge in [0.2, 0.25) is 0 Å². The summed E-state index contributed by atoms with van der Waals surface area (Å²) in [5.74, 6) is -2.60. The van der Waals surface area contributed by atoms with Gasteiger partial charge in [0.25, 0.3) is 0 Å². The molecule has 0 spiro atoms. The zero-order chi connectivity index (χ0) is 14.7. The summed E-state index contributed by atoms with van der Waals surface area (Å²) in [6.07, 6.45) is 0. The number of benzene rings is 2. The van der Waals surface area contributed by atoms with Crippen LogP contribution < -0.4 is 9.80 Å². The Balaban J connectivity index is 1.89. The lowest BCUT2D eigenvalue weighted by Crippen LogP contribution is -2.46. The summed E-state index contributed by atoms with van der Waals surface area (Å²) in [5, 5.41) is 0. The van der Waals surface area contributed by atoms with E-state index in [9.17, 15) is 17.6 Å². The molecule has 0 N–H and O–H groups in total. The Morgan fingerprint density at radius 3 is 1.52 bits per heavy atom. The fourth-order valence-corrected chi connectivity index (χ4v) is 3.07. The minimum Gasteiger partial charge on any atom is -0.349 e. The number of fused-ring (bicyclic) bond motifs is 6. The van der Waals surface area contributed by atoms with Crippen molar-refractivity contribution in [3.05, 3.63) is 58.7 Å². The molecule has 6 heteroatoms. The van der Waals surface area contributed by atoms with Crippen LogP contribution >= 0.6 is 0 Å². The Labute approximate surface area is 118 Å². The van der Waals surface area contributed by atoms with E-state index >= 15 is 0 Å². The summed E-state index contributed by atoms with van der Waals surface area (Å²) in [5.41, 5.74) is 1.55. The number of anilines is 2. The van der Waals surface area contributed by atoms with E-state index in [-0.39, 0.29) is 13.1 Å². The lowest BCUT2D eigenvalue weighted by atomic mass is 10.0. The van der Waals surface area contributed by atoms with Crippen molar-refractivity contribution >= 4 is 11.4 Å². The smallest absolute Gasteiger partial charge is 0.133 e. The van der Waals surface area contributed by atoms with Crippen LogP contribution in [0.15, 0.2) is 24.3 Å². The third-order valence-electron chi connectivity index (χ3n) is 3.99. The van der Waals surface area contributed by atoms with Crippen molar-refractivity contribution in [3.63, 3.8) is 0 Å². The molecule has 0 amide bonds. The van der Waals surface area contributed by atoms with Gasteiger partial charge >= 0.3 is 0 Å². The summed E-state index contributed by atoms with van der Waals surface area (Å²) in [6, 6.07) is 4.16. The first-order valence-electron chi connectivity index (χ1n) is 6.48. The highest BCUT2D eigenvalue weighted by Crippen LogP contribution is 2.40. The molecule has 108 valence electrons. The van der Waals surface area contributed by atoms with Crippen molar-refractivity contribution in [2.75, 3.05) is 16.5 Å². The molecule has 4 rings (SSSR count). The molecular weight excluding hydrogens is 284 g/mol. The first kappa shape index (κ1) is 12.5.